The Bertz CT molecular complexity index is 893. The van der Waals surface area contributed by atoms with Gasteiger partial charge in [-0.15, -0.1) is 0 Å². The molecule has 0 aliphatic carbocycles. The number of aromatic nitrogens is 2. The Kier molecular flexibility index (Phi) is 5.58. The summed E-state index contributed by atoms with van der Waals surface area (Å²) in [5.74, 6) is 0.923. The van der Waals surface area contributed by atoms with E-state index in [0.29, 0.717) is 17.3 Å². The molecule has 0 radical (unpaired) electrons. The van der Waals surface area contributed by atoms with Crippen molar-refractivity contribution in [1.29, 1.82) is 0 Å². The SMILES string of the molecule is Cc1nccn1Cc1ccc(N(C)C(=O)OCc2ccccc2)cc1Cl. The van der Waals surface area contributed by atoms with E-state index in [9.17, 15) is 4.79 Å². The van der Waals surface area contributed by atoms with Gasteiger partial charge in [0.25, 0.3) is 0 Å². The van der Waals surface area contributed by atoms with Gasteiger partial charge in [-0.3, -0.25) is 4.90 Å². The van der Waals surface area contributed by atoms with Crippen molar-refractivity contribution >= 4 is 23.4 Å². The quantitative estimate of drug-likeness (QED) is 0.656. The Hall–Kier alpha value is -2.79. The zero-order valence-corrected chi connectivity index (χ0v) is 15.5. The number of anilines is 1. The number of hydrogen-bond donors (Lipinski definition) is 0. The maximum atomic E-state index is 12.3. The molecule has 26 heavy (non-hydrogen) atoms. The van der Waals surface area contributed by atoms with Crippen LogP contribution in [0.5, 0.6) is 0 Å². The molecular formula is C20H20ClN3O2. The lowest BCUT2D eigenvalue weighted by atomic mass is 10.2. The topological polar surface area (TPSA) is 47.4 Å². The highest BCUT2D eigenvalue weighted by Crippen LogP contribution is 2.24. The van der Waals surface area contributed by atoms with Crippen LogP contribution in [0.4, 0.5) is 10.5 Å². The van der Waals surface area contributed by atoms with Crippen LogP contribution in [0.1, 0.15) is 17.0 Å². The minimum Gasteiger partial charge on any atom is -0.444 e. The van der Waals surface area contributed by atoms with Crippen LogP contribution >= 0.6 is 11.6 Å². The van der Waals surface area contributed by atoms with Gasteiger partial charge in [-0.25, -0.2) is 9.78 Å². The van der Waals surface area contributed by atoms with Crippen molar-refractivity contribution < 1.29 is 9.53 Å². The van der Waals surface area contributed by atoms with Crippen LogP contribution in [0.25, 0.3) is 0 Å². The summed E-state index contributed by atoms with van der Waals surface area (Å²) in [5, 5.41) is 0.596. The van der Waals surface area contributed by atoms with E-state index >= 15 is 0 Å². The number of rotatable bonds is 5. The van der Waals surface area contributed by atoms with E-state index in [2.05, 4.69) is 4.98 Å². The molecule has 0 atom stereocenters. The molecular weight excluding hydrogens is 350 g/mol. The number of ether oxygens (including phenoxy) is 1. The number of benzene rings is 2. The van der Waals surface area contributed by atoms with Crippen LogP contribution in [-0.4, -0.2) is 22.7 Å². The zero-order valence-electron chi connectivity index (χ0n) is 14.7. The van der Waals surface area contributed by atoms with Crippen LogP contribution in [0.2, 0.25) is 5.02 Å². The number of imidazole rings is 1. The summed E-state index contributed by atoms with van der Waals surface area (Å²) in [7, 11) is 1.67. The normalized spacial score (nSPS) is 10.6. The molecule has 1 amide bonds. The number of halogens is 1. The molecule has 0 saturated carbocycles. The summed E-state index contributed by atoms with van der Waals surface area (Å²) in [5.41, 5.74) is 2.58. The van der Waals surface area contributed by atoms with E-state index in [1.807, 2.05) is 60.2 Å². The van der Waals surface area contributed by atoms with E-state index in [0.717, 1.165) is 17.0 Å². The molecule has 0 N–H and O–H groups in total. The Morgan fingerprint density at radius 3 is 2.65 bits per heavy atom. The first kappa shape index (κ1) is 18.0. The number of aryl methyl sites for hydroxylation is 1. The van der Waals surface area contributed by atoms with Crippen molar-refractivity contribution in [3.8, 4) is 0 Å². The van der Waals surface area contributed by atoms with Gasteiger partial charge >= 0.3 is 6.09 Å². The van der Waals surface area contributed by atoms with E-state index < -0.39 is 6.09 Å². The van der Waals surface area contributed by atoms with Gasteiger partial charge < -0.3 is 9.30 Å². The second-order valence-corrected chi connectivity index (χ2v) is 6.38. The highest BCUT2D eigenvalue weighted by atomic mass is 35.5. The number of hydrogen-bond acceptors (Lipinski definition) is 3. The molecule has 0 spiro atoms. The van der Waals surface area contributed by atoms with E-state index in [4.69, 9.17) is 16.3 Å². The molecule has 0 bridgehead atoms. The van der Waals surface area contributed by atoms with Gasteiger partial charge in [0.15, 0.2) is 0 Å². The van der Waals surface area contributed by atoms with Crippen molar-refractivity contribution in [2.24, 2.45) is 0 Å². The maximum absolute atomic E-state index is 12.3. The highest BCUT2D eigenvalue weighted by molar-refractivity contribution is 6.31. The fourth-order valence-corrected chi connectivity index (χ4v) is 2.78. The molecule has 6 heteroatoms. The first-order chi connectivity index (χ1) is 12.5. The summed E-state index contributed by atoms with van der Waals surface area (Å²) in [6.45, 7) is 2.81. The van der Waals surface area contributed by atoms with Crippen LogP contribution in [0.15, 0.2) is 60.9 Å². The lowest BCUT2D eigenvalue weighted by molar-refractivity contribution is 0.148. The van der Waals surface area contributed by atoms with Crippen molar-refractivity contribution in [2.45, 2.75) is 20.1 Å². The first-order valence-corrected chi connectivity index (χ1v) is 8.63. The standard InChI is InChI=1S/C20H20ClN3O2/c1-15-22-10-11-24(15)13-17-8-9-18(12-19(17)21)23(2)20(25)26-14-16-6-4-3-5-7-16/h3-12H,13-14H2,1-2H3. The van der Waals surface area contributed by atoms with E-state index in [1.165, 1.54) is 4.90 Å². The maximum Gasteiger partial charge on any atom is 0.414 e. The molecule has 134 valence electrons. The van der Waals surface area contributed by atoms with Gasteiger partial charge in [0.05, 0.1) is 6.54 Å². The van der Waals surface area contributed by atoms with Crippen LogP contribution < -0.4 is 4.90 Å². The smallest absolute Gasteiger partial charge is 0.414 e. The third-order valence-electron chi connectivity index (χ3n) is 4.17. The summed E-state index contributed by atoms with van der Waals surface area (Å²) >= 11 is 6.41. The predicted molar refractivity (Wildman–Crippen MR) is 103 cm³/mol. The monoisotopic (exact) mass is 369 g/mol. The molecule has 1 heterocycles. The lowest BCUT2D eigenvalue weighted by Crippen LogP contribution is -2.27. The minimum atomic E-state index is -0.428. The molecule has 0 aliphatic rings. The molecule has 2 aromatic carbocycles. The van der Waals surface area contributed by atoms with Crippen LogP contribution in [-0.2, 0) is 17.9 Å². The number of amides is 1. The Morgan fingerprint density at radius 2 is 2.00 bits per heavy atom. The van der Waals surface area contributed by atoms with Gasteiger partial charge in [0.2, 0.25) is 0 Å². The summed E-state index contributed by atoms with van der Waals surface area (Å²) in [4.78, 5) is 17.9. The van der Waals surface area contributed by atoms with Crippen LogP contribution in [0.3, 0.4) is 0 Å². The van der Waals surface area contributed by atoms with E-state index in [-0.39, 0.29) is 6.61 Å². The summed E-state index contributed by atoms with van der Waals surface area (Å²) in [6.07, 6.45) is 3.24. The average Bonchev–Trinajstić information content (AvgIpc) is 3.06. The van der Waals surface area contributed by atoms with E-state index in [1.54, 1.807) is 19.3 Å². The Labute approximate surface area is 157 Å². The number of nitrogens with zero attached hydrogens (tertiary/aromatic N) is 3. The van der Waals surface area contributed by atoms with Crippen LogP contribution in [0, 0.1) is 6.92 Å². The number of carbonyl (C=O) groups excluding carboxylic acids is 1. The fourth-order valence-electron chi connectivity index (χ4n) is 2.55. The van der Waals surface area contributed by atoms with Gasteiger partial charge in [0.1, 0.15) is 12.4 Å². The largest absolute Gasteiger partial charge is 0.444 e. The van der Waals surface area contributed by atoms with Gasteiger partial charge in [-0.05, 0) is 30.2 Å². The summed E-state index contributed by atoms with van der Waals surface area (Å²) < 4.78 is 7.36. The Morgan fingerprint density at radius 1 is 1.23 bits per heavy atom. The average molecular weight is 370 g/mol. The first-order valence-electron chi connectivity index (χ1n) is 8.25. The van der Waals surface area contributed by atoms with Crippen molar-refractivity contribution in [3.63, 3.8) is 0 Å². The lowest BCUT2D eigenvalue weighted by Gasteiger charge is -2.18. The molecule has 1 aromatic heterocycles. The van der Waals surface area contributed by atoms with Crippen molar-refractivity contribution in [2.75, 3.05) is 11.9 Å². The third kappa shape index (κ3) is 4.24. The molecule has 3 rings (SSSR count). The molecule has 0 aliphatic heterocycles. The fraction of sp³-hybridized carbons (Fsp3) is 0.200. The second kappa shape index (κ2) is 8.06. The minimum absolute atomic E-state index is 0.232. The Balaban J connectivity index is 1.65. The zero-order chi connectivity index (χ0) is 18.5. The van der Waals surface area contributed by atoms with Crippen molar-refractivity contribution in [3.05, 3.63) is 82.9 Å². The third-order valence-corrected chi connectivity index (χ3v) is 4.52. The second-order valence-electron chi connectivity index (χ2n) is 5.98. The summed E-state index contributed by atoms with van der Waals surface area (Å²) in [6, 6.07) is 15.1. The molecule has 0 fully saturated rings. The van der Waals surface area contributed by atoms with Gasteiger partial charge in [-0.2, -0.15) is 0 Å². The highest BCUT2D eigenvalue weighted by Gasteiger charge is 2.14. The molecule has 3 aromatic rings. The van der Waals surface area contributed by atoms with Crippen molar-refractivity contribution in [1.82, 2.24) is 9.55 Å². The molecule has 0 saturated heterocycles. The van der Waals surface area contributed by atoms with Gasteiger partial charge in [-0.1, -0.05) is 48.0 Å². The molecule has 5 nitrogen and oxygen atoms in total. The molecule has 0 unspecified atom stereocenters. The van der Waals surface area contributed by atoms with Gasteiger partial charge in [0, 0.05) is 30.2 Å². The number of carbonyl (C=O) groups is 1. The predicted octanol–water partition coefficient (Wildman–Crippen LogP) is 4.67.